The highest BCUT2D eigenvalue weighted by atomic mass is 16.5. The maximum Gasteiger partial charge on any atom is 0.256 e. The van der Waals surface area contributed by atoms with Gasteiger partial charge in [0.2, 0.25) is 5.91 Å². The lowest BCUT2D eigenvalue weighted by Gasteiger charge is -2.19. The molecule has 0 spiro atoms. The zero-order chi connectivity index (χ0) is 16.0. The average molecular weight is 293 g/mol. The molecule has 0 aliphatic heterocycles. The lowest BCUT2D eigenvalue weighted by atomic mass is 10.1. The minimum absolute atomic E-state index is 0.0117. The molecule has 0 unspecified atom stereocenters. The zero-order valence-corrected chi connectivity index (χ0v) is 13.0. The van der Waals surface area contributed by atoms with Gasteiger partial charge in [0.25, 0.3) is 5.91 Å². The Labute approximate surface area is 125 Å². The third-order valence-corrected chi connectivity index (χ3v) is 2.95. The van der Waals surface area contributed by atoms with Crippen LogP contribution in [0.15, 0.2) is 18.2 Å². The van der Waals surface area contributed by atoms with E-state index in [2.05, 4.69) is 5.32 Å². The van der Waals surface area contributed by atoms with Gasteiger partial charge in [-0.3, -0.25) is 9.59 Å². The first-order valence-corrected chi connectivity index (χ1v) is 6.81. The van der Waals surface area contributed by atoms with Gasteiger partial charge >= 0.3 is 0 Å². The van der Waals surface area contributed by atoms with Gasteiger partial charge in [0.15, 0.2) is 0 Å². The summed E-state index contributed by atoms with van der Waals surface area (Å²) in [5, 5.41) is 2.77. The molecule has 0 saturated carbocycles. The Morgan fingerprint density at radius 2 is 2.05 bits per heavy atom. The molecule has 1 aromatic carbocycles. The van der Waals surface area contributed by atoms with E-state index < -0.39 is 0 Å². The van der Waals surface area contributed by atoms with E-state index in [1.165, 1.54) is 12.0 Å². The molecule has 3 N–H and O–H groups in total. The molecule has 1 rings (SSSR count). The van der Waals surface area contributed by atoms with Crippen LogP contribution in [0.2, 0.25) is 0 Å². The fourth-order valence-electron chi connectivity index (χ4n) is 1.78. The summed E-state index contributed by atoms with van der Waals surface area (Å²) in [5.41, 5.74) is 6.49. The van der Waals surface area contributed by atoms with Gasteiger partial charge in [-0.15, -0.1) is 0 Å². The van der Waals surface area contributed by atoms with Crippen molar-refractivity contribution in [3.05, 3.63) is 23.8 Å². The second-order valence-corrected chi connectivity index (χ2v) is 5.28. The van der Waals surface area contributed by atoms with Gasteiger partial charge in [-0.2, -0.15) is 0 Å². The van der Waals surface area contributed by atoms with Crippen molar-refractivity contribution < 1.29 is 14.3 Å². The Bertz CT molecular complexity index is 515. The summed E-state index contributed by atoms with van der Waals surface area (Å²) in [4.78, 5) is 25.4. The molecule has 0 heterocycles. The molecule has 0 bridgehead atoms. The van der Waals surface area contributed by atoms with Crippen LogP contribution in [0.1, 0.15) is 24.2 Å². The fourth-order valence-corrected chi connectivity index (χ4v) is 1.78. The van der Waals surface area contributed by atoms with Crippen LogP contribution in [-0.2, 0) is 4.79 Å². The summed E-state index contributed by atoms with van der Waals surface area (Å²) in [5.74, 6) is 0.301. The second kappa shape index (κ2) is 7.52. The number of hydrogen-bond acceptors (Lipinski definition) is 4. The number of benzene rings is 1. The zero-order valence-electron chi connectivity index (χ0n) is 13.0. The smallest absolute Gasteiger partial charge is 0.256 e. The quantitative estimate of drug-likeness (QED) is 0.770. The number of nitrogens with two attached hydrogens (primary N) is 1. The van der Waals surface area contributed by atoms with E-state index in [1.54, 1.807) is 25.2 Å². The predicted octanol–water partition coefficient (Wildman–Crippen LogP) is 1.12. The molecule has 0 atom stereocenters. The number of nitrogens with zero attached hydrogens (tertiary/aromatic N) is 1. The first kappa shape index (κ1) is 16.8. The average Bonchev–Trinajstić information content (AvgIpc) is 2.44. The number of carbonyl (C=O) groups is 2. The van der Waals surface area contributed by atoms with Crippen molar-refractivity contribution in [2.45, 2.75) is 13.8 Å². The van der Waals surface area contributed by atoms with Crippen molar-refractivity contribution >= 4 is 17.5 Å². The maximum absolute atomic E-state index is 12.3. The predicted molar refractivity (Wildman–Crippen MR) is 82.2 cm³/mol. The van der Waals surface area contributed by atoms with Crippen molar-refractivity contribution in [3.8, 4) is 5.75 Å². The molecule has 6 heteroatoms. The van der Waals surface area contributed by atoms with Crippen LogP contribution >= 0.6 is 0 Å². The summed E-state index contributed by atoms with van der Waals surface area (Å²) >= 11 is 0. The van der Waals surface area contributed by atoms with Gasteiger partial charge in [0.1, 0.15) is 5.75 Å². The van der Waals surface area contributed by atoms with Gasteiger partial charge in [-0.1, -0.05) is 19.9 Å². The van der Waals surface area contributed by atoms with Crippen molar-refractivity contribution in [1.29, 1.82) is 0 Å². The van der Waals surface area contributed by atoms with Crippen molar-refractivity contribution in [3.63, 3.8) is 0 Å². The Morgan fingerprint density at radius 1 is 1.38 bits per heavy atom. The molecule has 116 valence electrons. The van der Waals surface area contributed by atoms with Gasteiger partial charge < -0.3 is 20.7 Å². The highest BCUT2D eigenvalue weighted by Crippen LogP contribution is 2.25. The number of rotatable bonds is 6. The van der Waals surface area contributed by atoms with E-state index in [-0.39, 0.29) is 24.0 Å². The van der Waals surface area contributed by atoms with Crippen LogP contribution in [0, 0.1) is 5.92 Å². The summed E-state index contributed by atoms with van der Waals surface area (Å²) in [7, 11) is 3.05. The van der Waals surface area contributed by atoms with Gasteiger partial charge in [0, 0.05) is 13.6 Å². The van der Waals surface area contributed by atoms with Crippen LogP contribution < -0.4 is 15.8 Å². The molecular weight excluding hydrogens is 270 g/mol. The SMILES string of the molecule is COc1cccc(C(=O)N(C)CC(=O)NCC(C)C)c1N. The van der Waals surface area contributed by atoms with E-state index in [1.807, 2.05) is 13.8 Å². The summed E-state index contributed by atoms with van der Waals surface area (Å²) in [6, 6.07) is 4.99. The van der Waals surface area contributed by atoms with E-state index in [0.29, 0.717) is 23.8 Å². The third kappa shape index (κ3) is 4.66. The maximum atomic E-state index is 12.3. The Balaban J connectivity index is 2.73. The topological polar surface area (TPSA) is 84.7 Å². The number of anilines is 1. The van der Waals surface area contributed by atoms with Crippen molar-refractivity contribution in [2.75, 3.05) is 33.0 Å². The molecule has 0 radical (unpaired) electrons. The molecule has 0 aromatic heterocycles. The molecule has 6 nitrogen and oxygen atoms in total. The second-order valence-electron chi connectivity index (χ2n) is 5.28. The minimum Gasteiger partial charge on any atom is -0.495 e. The fraction of sp³-hybridized carbons (Fsp3) is 0.467. The first-order valence-electron chi connectivity index (χ1n) is 6.81. The van der Waals surface area contributed by atoms with Crippen molar-refractivity contribution in [2.24, 2.45) is 5.92 Å². The van der Waals surface area contributed by atoms with E-state index in [9.17, 15) is 9.59 Å². The number of amides is 2. The van der Waals surface area contributed by atoms with Gasteiger partial charge in [-0.25, -0.2) is 0 Å². The first-order chi connectivity index (χ1) is 9.86. The van der Waals surface area contributed by atoms with Crippen molar-refractivity contribution in [1.82, 2.24) is 10.2 Å². The third-order valence-electron chi connectivity index (χ3n) is 2.95. The molecule has 1 aromatic rings. The van der Waals surface area contributed by atoms with Crippen LogP contribution in [0.5, 0.6) is 5.75 Å². The Kier molecular flexibility index (Phi) is 6.02. The highest BCUT2D eigenvalue weighted by molar-refractivity contribution is 6.01. The number of carbonyl (C=O) groups excluding carboxylic acids is 2. The highest BCUT2D eigenvalue weighted by Gasteiger charge is 2.18. The van der Waals surface area contributed by atoms with E-state index in [4.69, 9.17) is 10.5 Å². The van der Waals surface area contributed by atoms with E-state index in [0.717, 1.165) is 0 Å². The van der Waals surface area contributed by atoms with Crippen LogP contribution in [0.4, 0.5) is 5.69 Å². The molecule has 0 aliphatic rings. The number of nitrogen functional groups attached to an aromatic ring is 1. The van der Waals surface area contributed by atoms with Gasteiger partial charge in [-0.05, 0) is 18.1 Å². The lowest BCUT2D eigenvalue weighted by molar-refractivity contribution is -0.121. The molecule has 0 aliphatic carbocycles. The molecular formula is C15H23N3O3. The Morgan fingerprint density at radius 3 is 2.62 bits per heavy atom. The number of para-hydroxylation sites is 1. The number of ether oxygens (including phenoxy) is 1. The minimum atomic E-state index is -0.314. The molecule has 21 heavy (non-hydrogen) atoms. The summed E-state index contributed by atoms with van der Waals surface area (Å²) in [6.07, 6.45) is 0. The molecule has 0 saturated heterocycles. The van der Waals surface area contributed by atoms with Crippen LogP contribution in [0.3, 0.4) is 0 Å². The van der Waals surface area contributed by atoms with E-state index >= 15 is 0 Å². The molecule has 2 amide bonds. The number of nitrogens with one attached hydrogen (secondary N) is 1. The standard InChI is InChI=1S/C15H23N3O3/c1-10(2)8-17-13(19)9-18(3)15(20)11-6-5-7-12(21-4)14(11)16/h5-7,10H,8-9,16H2,1-4H3,(H,17,19). The normalized spacial score (nSPS) is 10.3. The number of hydrogen-bond donors (Lipinski definition) is 2. The monoisotopic (exact) mass is 293 g/mol. The van der Waals surface area contributed by atoms with Crippen LogP contribution in [-0.4, -0.2) is 44.0 Å². The lowest BCUT2D eigenvalue weighted by Crippen LogP contribution is -2.39. The summed E-state index contributed by atoms with van der Waals surface area (Å²) in [6.45, 7) is 4.59. The molecule has 0 fully saturated rings. The number of likely N-dealkylation sites (N-methyl/N-ethyl adjacent to an activating group) is 1. The Hall–Kier alpha value is -2.24. The van der Waals surface area contributed by atoms with Crippen LogP contribution in [0.25, 0.3) is 0 Å². The largest absolute Gasteiger partial charge is 0.495 e. The summed E-state index contributed by atoms with van der Waals surface area (Å²) < 4.78 is 5.09. The number of methoxy groups -OCH3 is 1. The van der Waals surface area contributed by atoms with Gasteiger partial charge in [0.05, 0.1) is 24.9 Å².